The van der Waals surface area contributed by atoms with Crippen molar-refractivity contribution in [3.8, 4) is 11.6 Å². The molecule has 0 fully saturated rings. The second-order valence-corrected chi connectivity index (χ2v) is 8.50. The number of sulfonamides is 1. The lowest BCUT2D eigenvalue weighted by Crippen LogP contribution is -2.36. The quantitative estimate of drug-likeness (QED) is 0.583. The highest BCUT2D eigenvalue weighted by molar-refractivity contribution is 7.91. The van der Waals surface area contributed by atoms with Crippen LogP contribution >= 0.6 is 11.3 Å². The van der Waals surface area contributed by atoms with Crippen LogP contribution in [0.4, 0.5) is 4.39 Å². The summed E-state index contributed by atoms with van der Waals surface area (Å²) in [4.78, 5) is 16.1. The van der Waals surface area contributed by atoms with Gasteiger partial charge in [-0.1, -0.05) is 18.2 Å². The number of thiophene rings is 1. The highest BCUT2D eigenvalue weighted by Gasteiger charge is 2.16. The number of hydrogen-bond donors (Lipinski definition) is 2. The van der Waals surface area contributed by atoms with E-state index in [0.29, 0.717) is 5.56 Å². The molecule has 28 heavy (non-hydrogen) atoms. The Morgan fingerprint density at radius 1 is 1.18 bits per heavy atom. The molecule has 146 valence electrons. The number of nitrogens with one attached hydrogen (secondary N) is 2. The van der Waals surface area contributed by atoms with Gasteiger partial charge >= 0.3 is 0 Å². The highest BCUT2D eigenvalue weighted by Crippen LogP contribution is 2.23. The van der Waals surface area contributed by atoms with Gasteiger partial charge in [0, 0.05) is 24.4 Å². The van der Waals surface area contributed by atoms with Crippen molar-refractivity contribution in [3.05, 3.63) is 71.5 Å². The van der Waals surface area contributed by atoms with Gasteiger partial charge in [0.05, 0.1) is 6.54 Å². The molecule has 7 nitrogen and oxygen atoms in total. The molecule has 0 saturated carbocycles. The number of carbonyl (C=O) groups is 1. The Morgan fingerprint density at radius 3 is 2.79 bits per heavy atom. The summed E-state index contributed by atoms with van der Waals surface area (Å²) in [7, 11) is -3.71. The van der Waals surface area contributed by atoms with Crippen LogP contribution in [0.25, 0.3) is 0 Å². The first-order chi connectivity index (χ1) is 13.4. The molecule has 2 heterocycles. The maximum atomic E-state index is 13.3. The number of hydrogen-bond acceptors (Lipinski definition) is 6. The first-order valence-electron chi connectivity index (χ1n) is 8.11. The maximum absolute atomic E-state index is 13.3. The molecule has 0 aliphatic carbocycles. The van der Waals surface area contributed by atoms with Crippen molar-refractivity contribution in [2.45, 2.75) is 10.8 Å². The summed E-state index contributed by atoms with van der Waals surface area (Å²) in [6.45, 7) is -0.335. The third kappa shape index (κ3) is 5.35. The maximum Gasteiger partial charge on any atom is 0.250 e. The van der Waals surface area contributed by atoms with Gasteiger partial charge in [0.1, 0.15) is 15.8 Å². The third-order valence-corrected chi connectivity index (χ3v) is 6.32. The van der Waals surface area contributed by atoms with Crippen LogP contribution in [0.1, 0.15) is 5.56 Å². The molecule has 1 aromatic carbocycles. The van der Waals surface area contributed by atoms with Crippen molar-refractivity contribution in [1.82, 2.24) is 15.0 Å². The minimum atomic E-state index is -3.71. The van der Waals surface area contributed by atoms with E-state index in [9.17, 15) is 17.6 Å². The van der Waals surface area contributed by atoms with E-state index in [1.807, 2.05) is 0 Å². The van der Waals surface area contributed by atoms with Gasteiger partial charge in [0.15, 0.2) is 0 Å². The molecule has 0 aliphatic heterocycles. The normalized spacial score (nSPS) is 11.2. The van der Waals surface area contributed by atoms with Crippen LogP contribution in [0.5, 0.6) is 11.6 Å². The van der Waals surface area contributed by atoms with Crippen LogP contribution in [0, 0.1) is 5.82 Å². The van der Waals surface area contributed by atoms with Crippen molar-refractivity contribution >= 4 is 27.3 Å². The zero-order valence-electron chi connectivity index (χ0n) is 14.5. The van der Waals surface area contributed by atoms with Crippen LogP contribution < -0.4 is 14.8 Å². The highest BCUT2D eigenvalue weighted by atomic mass is 32.2. The topological polar surface area (TPSA) is 97.4 Å². The summed E-state index contributed by atoms with van der Waals surface area (Å²) >= 11 is 1.06. The smallest absolute Gasteiger partial charge is 0.250 e. The fraction of sp³-hybridized carbons (Fsp3) is 0.111. The van der Waals surface area contributed by atoms with Gasteiger partial charge in [0.2, 0.25) is 11.8 Å². The molecule has 0 aliphatic rings. The number of carbonyl (C=O) groups excluding carboxylic acids is 1. The summed E-state index contributed by atoms with van der Waals surface area (Å²) in [5.74, 6) is -0.468. The molecular weight excluding hydrogens is 405 g/mol. The van der Waals surface area contributed by atoms with Gasteiger partial charge in [-0.2, -0.15) is 0 Å². The van der Waals surface area contributed by atoms with E-state index in [2.05, 4.69) is 15.0 Å². The van der Waals surface area contributed by atoms with Gasteiger partial charge in [-0.25, -0.2) is 22.5 Å². The lowest BCUT2D eigenvalue weighted by atomic mass is 10.2. The van der Waals surface area contributed by atoms with Crippen molar-refractivity contribution in [1.29, 1.82) is 0 Å². The number of nitrogens with zero attached hydrogens (tertiary/aromatic N) is 1. The van der Waals surface area contributed by atoms with Crippen LogP contribution in [0.2, 0.25) is 0 Å². The molecule has 0 bridgehead atoms. The monoisotopic (exact) mass is 421 g/mol. The van der Waals surface area contributed by atoms with E-state index in [-0.39, 0.29) is 22.4 Å². The number of ether oxygens (including phenoxy) is 1. The minimum absolute atomic E-state index is 0.0675. The van der Waals surface area contributed by atoms with E-state index in [0.717, 1.165) is 11.3 Å². The van der Waals surface area contributed by atoms with Crippen LogP contribution in [0.3, 0.4) is 0 Å². The molecule has 0 atom stereocenters. The zero-order valence-corrected chi connectivity index (χ0v) is 16.1. The fourth-order valence-electron chi connectivity index (χ4n) is 2.20. The number of amides is 1. The SMILES string of the molecule is O=C(CNS(=O)(=O)c1cccs1)NCc1cccnc1Oc1cccc(F)c1. The number of rotatable bonds is 8. The van der Waals surface area contributed by atoms with Gasteiger partial charge in [0.25, 0.3) is 10.0 Å². The Morgan fingerprint density at radius 2 is 2.04 bits per heavy atom. The van der Waals surface area contributed by atoms with Crippen LogP contribution in [-0.4, -0.2) is 25.9 Å². The number of benzene rings is 1. The van der Waals surface area contributed by atoms with E-state index in [1.165, 1.54) is 30.5 Å². The van der Waals surface area contributed by atoms with Crippen LogP contribution in [0.15, 0.2) is 64.3 Å². The molecular formula is C18H16FN3O4S2. The van der Waals surface area contributed by atoms with Crippen molar-refractivity contribution in [2.24, 2.45) is 0 Å². The van der Waals surface area contributed by atoms with Crippen molar-refractivity contribution < 1.29 is 22.3 Å². The third-order valence-electron chi connectivity index (χ3n) is 3.52. The second kappa shape index (κ2) is 8.91. The molecule has 0 saturated heterocycles. The Kier molecular flexibility index (Phi) is 6.34. The average Bonchev–Trinajstić information content (AvgIpc) is 3.22. The first kappa shape index (κ1) is 19.9. The molecule has 3 aromatic rings. The van der Waals surface area contributed by atoms with E-state index in [1.54, 1.807) is 29.6 Å². The Bertz CT molecular complexity index is 1060. The molecule has 3 rings (SSSR count). The minimum Gasteiger partial charge on any atom is -0.439 e. The first-order valence-corrected chi connectivity index (χ1v) is 10.5. The Hall–Kier alpha value is -2.82. The molecule has 0 unspecified atom stereocenters. The fourth-order valence-corrected chi connectivity index (χ4v) is 4.22. The zero-order chi connectivity index (χ0) is 20.0. The van der Waals surface area contributed by atoms with Crippen LogP contribution in [-0.2, 0) is 21.4 Å². The summed E-state index contributed by atoms with van der Waals surface area (Å²) < 4.78 is 45.3. The van der Waals surface area contributed by atoms with E-state index < -0.39 is 28.3 Å². The molecule has 1 amide bonds. The van der Waals surface area contributed by atoms with Crippen molar-refractivity contribution in [3.63, 3.8) is 0 Å². The number of halogens is 1. The van der Waals surface area contributed by atoms with Gasteiger partial charge < -0.3 is 10.1 Å². The largest absolute Gasteiger partial charge is 0.439 e. The molecule has 0 radical (unpaired) electrons. The number of aromatic nitrogens is 1. The van der Waals surface area contributed by atoms with Gasteiger partial charge in [-0.15, -0.1) is 11.3 Å². The lowest BCUT2D eigenvalue weighted by Gasteiger charge is -2.11. The van der Waals surface area contributed by atoms with Gasteiger partial charge in [-0.3, -0.25) is 4.79 Å². The molecule has 0 spiro atoms. The molecule has 10 heteroatoms. The average molecular weight is 421 g/mol. The number of pyridine rings is 1. The predicted molar refractivity (Wildman–Crippen MR) is 102 cm³/mol. The summed E-state index contributed by atoms with van der Waals surface area (Å²) in [5.41, 5.74) is 0.557. The summed E-state index contributed by atoms with van der Waals surface area (Å²) in [6, 6.07) is 12.0. The van der Waals surface area contributed by atoms with Gasteiger partial charge in [-0.05, 0) is 29.6 Å². The summed E-state index contributed by atoms with van der Waals surface area (Å²) in [6.07, 6.45) is 1.51. The standard InChI is InChI=1S/C18H16FN3O4S2/c19-14-5-1-6-15(10-14)26-18-13(4-2-8-20-18)11-21-16(23)12-22-28(24,25)17-7-3-9-27-17/h1-10,22H,11-12H2,(H,21,23). The molecule has 2 aromatic heterocycles. The van der Waals surface area contributed by atoms with E-state index >= 15 is 0 Å². The predicted octanol–water partition coefficient (Wildman–Crippen LogP) is 2.67. The van der Waals surface area contributed by atoms with E-state index in [4.69, 9.17) is 4.74 Å². The second-order valence-electron chi connectivity index (χ2n) is 5.56. The Labute approximate surface area is 165 Å². The lowest BCUT2D eigenvalue weighted by molar-refractivity contribution is -0.120. The van der Waals surface area contributed by atoms with Crippen molar-refractivity contribution in [2.75, 3.05) is 6.54 Å². The summed E-state index contributed by atoms with van der Waals surface area (Å²) in [5, 5.41) is 4.23. The Balaban J connectivity index is 1.58. The molecule has 2 N–H and O–H groups in total.